The highest BCUT2D eigenvalue weighted by molar-refractivity contribution is 5.72. The van der Waals surface area contributed by atoms with Gasteiger partial charge in [-0.1, -0.05) is 0 Å². The molecule has 38 valence electrons. The highest BCUT2D eigenvalue weighted by atomic mass is 16.5. The molecule has 3 N–H and O–H groups in total. The zero-order valence-corrected chi connectivity index (χ0v) is 3.59. The lowest BCUT2D eigenvalue weighted by atomic mass is 10.9. The normalized spacial score (nSPS) is 16.9. The first kappa shape index (κ1) is 3.98. The first-order valence-electron chi connectivity index (χ1n) is 1.80. The molecule has 0 aromatic rings. The molecule has 4 nitrogen and oxygen atoms in total. The van der Waals surface area contributed by atoms with Gasteiger partial charge in [0.2, 0.25) is 0 Å². The van der Waals surface area contributed by atoms with Crippen LogP contribution in [0.15, 0.2) is 17.6 Å². The fourth-order valence-electron chi connectivity index (χ4n) is 0.261. The third kappa shape index (κ3) is 0.819. The summed E-state index contributed by atoms with van der Waals surface area (Å²) in [6, 6.07) is 0.141. The van der Waals surface area contributed by atoms with Crippen molar-refractivity contribution < 1.29 is 4.74 Å². The second-order valence-corrected chi connectivity index (χ2v) is 1.000. The van der Waals surface area contributed by atoms with Gasteiger partial charge in [-0.3, -0.25) is 5.43 Å². The van der Waals surface area contributed by atoms with E-state index >= 15 is 0 Å². The number of rotatable bonds is 0. The Hall–Kier alpha value is -1.19. The van der Waals surface area contributed by atoms with Gasteiger partial charge < -0.3 is 10.5 Å². The van der Waals surface area contributed by atoms with Crippen LogP contribution in [0.3, 0.4) is 0 Å². The van der Waals surface area contributed by atoms with Crippen LogP contribution in [0.2, 0.25) is 0 Å². The summed E-state index contributed by atoms with van der Waals surface area (Å²) in [6.45, 7) is 0. The van der Waals surface area contributed by atoms with E-state index in [4.69, 9.17) is 5.73 Å². The molecular formula is C3H5N3O. The van der Waals surface area contributed by atoms with Gasteiger partial charge in [-0.05, 0) is 0 Å². The van der Waals surface area contributed by atoms with E-state index in [-0.39, 0.29) is 6.02 Å². The second-order valence-electron chi connectivity index (χ2n) is 1.000. The van der Waals surface area contributed by atoms with Crippen molar-refractivity contribution in [2.75, 3.05) is 0 Å². The molecule has 1 rings (SSSR count). The van der Waals surface area contributed by atoms with Crippen molar-refractivity contribution in [1.29, 1.82) is 0 Å². The number of hydrogen-bond donors (Lipinski definition) is 2. The van der Waals surface area contributed by atoms with Gasteiger partial charge in [-0.15, -0.1) is 5.10 Å². The first-order valence-corrected chi connectivity index (χ1v) is 1.80. The Morgan fingerprint density at radius 2 is 2.71 bits per heavy atom. The maximum absolute atomic E-state index is 5.05. The highest BCUT2D eigenvalue weighted by Gasteiger charge is 1.89. The summed E-state index contributed by atoms with van der Waals surface area (Å²) < 4.78 is 4.56. The smallest absolute Gasteiger partial charge is 0.309 e. The highest BCUT2D eigenvalue weighted by Crippen LogP contribution is 1.80. The van der Waals surface area contributed by atoms with Crippen LogP contribution in [0.25, 0.3) is 0 Å². The quantitative estimate of drug-likeness (QED) is 0.422. The van der Waals surface area contributed by atoms with Crippen LogP contribution in [-0.2, 0) is 4.74 Å². The number of amidine groups is 1. The van der Waals surface area contributed by atoms with E-state index in [0.29, 0.717) is 0 Å². The van der Waals surface area contributed by atoms with E-state index in [0.717, 1.165) is 0 Å². The van der Waals surface area contributed by atoms with Gasteiger partial charge in [0.15, 0.2) is 0 Å². The molecule has 1 heterocycles. The van der Waals surface area contributed by atoms with Crippen molar-refractivity contribution in [2.45, 2.75) is 0 Å². The Balaban J connectivity index is 2.50. The molecule has 0 fully saturated rings. The molecule has 0 radical (unpaired) electrons. The molecule has 4 heteroatoms. The number of hydrogen-bond acceptors (Lipinski definition) is 4. The first-order chi connectivity index (χ1) is 3.39. The van der Waals surface area contributed by atoms with E-state index in [9.17, 15) is 0 Å². The lowest BCUT2D eigenvalue weighted by molar-refractivity contribution is 0.441. The number of nitrogens with zero attached hydrogens (tertiary/aromatic N) is 1. The summed E-state index contributed by atoms with van der Waals surface area (Å²) in [4.78, 5) is 0. The van der Waals surface area contributed by atoms with Crippen molar-refractivity contribution in [3.05, 3.63) is 12.5 Å². The van der Waals surface area contributed by atoms with Gasteiger partial charge in [0, 0.05) is 0 Å². The van der Waals surface area contributed by atoms with E-state index in [1.165, 1.54) is 12.5 Å². The fourth-order valence-corrected chi connectivity index (χ4v) is 0.261. The van der Waals surface area contributed by atoms with Crippen molar-refractivity contribution in [3.63, 3.8) is 0 Å². The van der Waals surface area contributed by atoms with Gasteiger partial charge >= 0.3 is 6.02 Å². The Labute approximate surface area is 40.6 Å². The third-order valence-electron chi connectivity index (χ3n) is 0.506. The van der Waals surface area contributed by atoms with Crippen molar-refractivity contribution in [3.8, 4) is 0 Å². The van der Waals surface area contributed by atoms with Crippen LogP contribution in [0.4, 0.5) is 0 Å². The lowest BCUT2D eigenvalue weighted by Crippen LogP contribution is -2.19. The van der Waals surface area contributed by atoms with Gasteiger partial charge in [-0.25, -0.2) is 0 Å². The molecule has 0 spiro atoms. The summed E-state index contributed by atoms with van der Waals surface area (Å²) in [5.41, 5.74) is 7.54. The molecule has 0 saturated carbocycles. The van der Waals surface area contributed by atoms with E-state index in [1.54, 1.807) is 0 Å². The summed E-state index contributed by atoms with van der Waals surface area (Å²) in [6.07, 6.45) is 2.96. The summed E-state index contributed by atoms with van der Waals surface area (Å²) in [5, 5.41) is 3.47. The zero-order valence-electron chi connectivity index (χ0n) is 3.59. The third-order valence-corrected chi connectivity index (χ3v) is 0.506. The maximum atomic E-state index is 5.05. The molecule has 0 aliphatic carbocycles. The summed E-state index contributed by atoms with van der Waals surface area (Å²) in [5.74, 6) is 0. The summed E-state index contributed by atoms with van der Waals surface area (Å²) in [7, 11) is 0. The average Bonchev–Trinajstić information content (AvgIpc) is 1.69. The van der Waals surface area contributed by atoms with Crippen LogP contribution in [-0.4, -0.2) is 6.02 Å². The topological polar surface area (TPSA) is 59.6 Å². The van der Waals surface area contributed by atoms with E-state index in [2.05, 4.69) is 15.3 Å². The maximum Gasteiger partial charge on any atom is 0.309 e. The van der Waals surface area contributed by atoms with Crippen molar-refractivity contribution in [2.24, 2.45) is 10.8 Å². The summed E-state index contributed by atoms with van der Waals surface area (Å²) >= 11 is 0. The zero-order chi connectivity index (χ0) is 5.11. The van der Waals surface area contributed by atoms with Crippen LogP contribution in [0.1, 0.15) is 0 Å². The number of ether oxygens (including phenoxy) is 1. The van der Waals surface area contributed by atoms with Gasteiger partial charge in [0.1, 0.15) is 6.26 Å². The molecule has 0 aromatic carbocycles. The number of hydrazone groups is 1. The van der Waals surface area contributed by atoms with Crippen molar-refractivity contribution >= 4 is 6.02 Å². The number of nitrogens with two attached hydrogens (primary N) is 1. The number of nitrogens with one attached hydrogen (secondary N) is 1. The molecule has 0 amide bonds. The minimum atomic E-state index is 0.141. The minimum absolute atomic E-state index is 0.141. The Morgan fingerprint density at radius 1 is 1.86 bits per heavy atom. The molecule has 0 aromatic heterocycles. The predicted octanol–water partition coefficient (Wildman–Crippen LogP) is -0.693. The van der Waals surface area contributed by atoms with Crippen LogP contribution < -0.4 is 11.2 Å². The molecule has 1 aliphatic heterocycles. The minimum Gasteiger partial charge on any atom is -0.431 e. The van der Waals surface area contributed by atoms with Crippen LogP contribution in [0, 0.1) is 0 Å². The molecular weight excluding hydrogens is 94.1 g/mol. The standard InChI is InChI=1S/C3H5N3O/c4-3-6-5-1-2-7-3/h1-2,5H,(H2,4,6). The Bertz CT molecular complexity index is 117. The monoisotopic (exact) mass is 99.0 g/mol. The van der Waals surface area contributed by atoms with E-state index < -0.39 is 0 Å². The largest absolute Gasteiger partial charge is 0.431 e. The van der Waals surface area contributed by atoms with Gasteiger partial charge in [-0.2, -0.15) is 0 Å². The fraction of sp³-hybridized carbons (Fsp3) is 0. The Kier molecular flexibility index (Phi) is 0.856. The van der Waals surface area contributed by atoms with Gasteiger partial charge in [0.05, 0.1) is 6.20 Å². The Morgan fingerprint density at radius 3 is 3.00 bits per heavy atom. The lowest BCUT2D eigenvalue weighted by Gasteiger charge is -2.01. The molecule has 0 atom stereocenters. The van der Waals surface area contributed by atoms with Crippen molar-refractivity contribution in [1.82, 2.24) is 5.43 Å². The SMILES string of the molecule is NC1=NNC=CO1. The van der Waals surface area contributed by atoms with E-state index in [1.807, 2.05) is 0 Å². The van der Waals surface area contributed by atoms with Gasteiger partial charge in [0.25, 0.3) is 0 Å². The average molecular weight is 99.1 g/mol. The second kappa shape index (κ2) is 1.51. The van der Waals surface area contributed by atoms with Crippen LogP contribution >= 0.6 is 0 Å². The molecule has 0 unspecified atom stereocenters. The molecule has 1 aliphatic rings. The molecule has 7 heavy (non-hydrogen) atoms. The molecule has 0 bridgehead atoms. The molecule has 0 saturated heterocycles. The predicted molar refractivity (Wildman–Crippen MR) is 25.0 cm³/mol. The van der Waals surface area contributed by atoms with Crippen LogP contribution in [0.5, 0.6) is 0 Å².